The minimum Gasteiger partial charge on any atom is -0.468 e. The maximum Gasteiger partial charge on any atom is 0.418 e. The van der Waals surface area contributed by atoms with Crippen LogP contribution < -0.4 is 10.1 Å². The Balaban J connectivity index is 2.10. The van der Waals surface area contributed by atoms with Crippen LogP contribution in [0.15, 0.2) is 48.9 Å². The quantitative estimate of drug-likeness (QED) is 0.256. The molecule has 200 valence electrons. The van der Waals surface area contributed by atoms with Gasteiger partial charge in [0, 0.05) is 36.8 Å². The monoisotopic (exact) mass is 550 g/mol. The zero-order chi connectivity index (χ0) is 27.7. The predicted octanol–water partition coefficient (Wildman–Crippen LogP) is 4.74. The van der Waals surface area contributed by atoms with Crippen LogP contribution in [0.2, 0.25) is 5.02 Å². The molecule has 38 heavy (non-hydrogen) atoms. The summed E-state index contributed by atoms with van der Waals surface area (Å²) in [5, 5.41) is 2.87. The number of ether oxygens (including phenoxy) is 2. The van der Waals surface area contributed by atoms with Crippen molar-refractivity contribution >= 4 is 36.2 Å². The fourth-order valence-electron chi connectivity index (χ4n) is 3.48. The van der Waals surface area contributed by atoms with Gasteiger partial charge in [-0.1, -0.05) is 23.7 Å². The van der Waals surface area contributed by atoms with Crippen molar-refractivity contribution in [3.8, 4) is 11.5 Å². The maximum absolute atomic E-state index is 13.5. The Hall–Kier alpha value is -4.19. The second kappa shape index (κ2) is 12.9. The molecular formula is C25H22ClF3N4O5. The van der Waals surface area contributed by atoms with Gasteiger partial charge in [-0.15, -0.1) is 0 Å². The van der Waals surface area contributed by atoms with Gasteiger partial charge < -0.3 is 19.7 Å². The molecule has 0 bridgehead atoms. The lowest BCUT2D eigenvalue weighted by molar-refractivity contribution is -0.138. The SMILES string of the molecule is CN(CCCOC=O)C(=O)c1c(NC=O)ncc(Oc2cncc(C(F)(F)F)c2)c1Cc1ccc(Cl)cc1. The summed E-state index contributed by atoms with van der Waals surface area (Å²) < 4.78 is 50.1. The van der Waals surface area contributed by atoms with Gasteiger partial charge in [0.15, 0.2) is 0 Å². The van der Waals surface area contributed by atoms with E-state index in [0.29, 0.717) is 36.1 Å². The Morgan fingerprint density at radius 2 is 1.89 bits per heavy atom. The topological polar surface area (TPSA) is 111 Å². The zero-order valence-corrected chi connectivity index (χ0v) is 20.8. The van der Waals surface area contributed by atoms with E-state index in [-0.39, 0.29) is 48.0 Å². The number of pyridine rings is 2. The Kier molecular flexibility index (Phi) is 9.61. The van der Waals surface area contributed by atoms with Crippen molar-refractivity contribution in [2.45, 2.75) is 19.0 Å². The molecule has 0 unspecified atom stereocenters. The van der Waals surface area contributed by atoms with Crippen molar-refractivity contribution in [2.24, 2.45) is 0 Å². The number of halogens is 4. The van der Waals surface area contributed by atoms with Gasteiger partial charge in [-0.25, -0.2) is 4.98 Å². The highest BCUT2D eigenvalue weighted by Gasteiger charge is 2.32. The van der Waals surface area contributed by atoms with Crippen molar-refractivity contribution in [1.29, 1.82) is 0 Å². The fraction of sp³-hybridized carbons (Fsp3) is 0.240. The number of hydrogen-bond acceptors (Lipinski definition) is 7. The number of nitrogens with one attached hydrogen (secondary N) is 1. The van der Waals surface area contributed by atoms with Crippen LogP contribution in [0.4, 0.5) is 19.0 Å². The van der Waals surface area contributed by atoms with Gasteiger partial charge in [-0.2, -0.15) is 13.2 Å². The maximum atomic E-state index is 13.5. The number of alkyl halides is 3. The number of nitrogens with zero attached hydrogens (tertiary/aromatic N) is 3. The van der Waals surface area contributed by atoms with Gasteiger partial charge in [-0.3, -0.25) is 19.4 Å². The van der Waals surface area contributed by atoms with Gasteiger partial charge in [0.25, 0.3) is 12.4 Å². The molecular weight excluding hydrogens is 529 g/mol. The number of aromatic nitrogens is 2. The van der Waals surface area contributed by atoms with Crippen molar-refractivity contribution in [1.82, 2.24) is 14.9 Å². The first-order valence-electron chi connectivity index (χ1n) is 11.1. The van der Waals surface area contributed by atoms with Gasteiger partial charge >= 0.3 is 6.18 Å². The Labute approximate surface area is 220 Å². The predicted molar refractivity (Wildman–Crippen MR) is 131 cm³/mol. The molecule has 0 radical (unpaired) electrons. The van der Waals surface area contributed by atoms with Crippen LogP contribution in [0.5, 0.6) is 11.5 Å². The number of carbonyl (C=O) groups is 3. The minimum atomic E-state index is -4.65. The van der Waals surface area contributed by atoms with Crippen LogP contribution in [-0.2, 0) is 26.9 Å². The summed E-state index contributed by atoms with van der Waals surface area (Å²) in [5.74, 6) is -0.865. The summed E-state index contributed by atoms with van der Waals surface area (Å²) in [4.78, 5) is 44.3. The number of benzene rings is 1. The van der Waals surface area contributed by atoms with E-state index >= 15 is 0 Å². The molecule has 13 heteroatoms. The van der Waals surface area contributed by atoms with E-state index in [1.807, 2.05) is 0 Å². The average Bonchev–Trinajstić information content (AvgIpc) is 2.89. The molecule has 0 aliphatic carbocycles. The summed E-state index contributed by atoms with van der Waals surface area (Å²) in [7, 11) is 1.50. The number of hydrogen-bond donors (Lipinski definition) is 1. The molecule has 3 aromatic rings. The molecule has 2 aromatic heterocycles. The van der Waals surface area contributed by atoms with E-state index in [1.165, 1.54) is 18.1 Å². The van der Waals surface area contributed by atoms with Crippen molar-refractivity contribution in [3.05, 3.63) is 76.2 Å². The second-order valence-electron chi connectivity index (χ2n) is 7.95. The molecule has 9 nitrogen and oxygen atoms in total. The first-order valence-corrected chi connectivity index (χ1v) is 11.5. The minimum absolute atomic E-state index is 0.0152. The molecule has 0 saturated carbocycles. The number of amides is 2. The molecule has 0 aliphatic heterocycles. The largest absolute Gasteiger partial charge is 0.468 e. The molecule has 2 amide bonds. The first-order chi connectivity index (χ1) is 18.1. The van der Waals surface area contributed by atoms with Crippen LogP contribution >= 0.6 is 11.6 Å². The third kappa shape index (κ3) is 7.42. The number of anilines is 1. The van der Waals surface area contributed by atoms with Gasteiger partial charge in [0.1, 0.15) is 17.3 Å². The third-order valence-electron chi connectivity index (χ3n) is 5.29. The van der Waals surface area contributed by atoms with E-state index in [9.17, 15) is 27.6 Å². The van der Waals surface area contributed by atoms with Crippen LogP contribution in [-0.4, -0.2) is 53.9 Å². The normalized spacial score (nSPS) is 11.0. The van der Waals surface area contributed by atoms with E-state index < -0.39 is 17.6 Å². The average molecular weight is 551 g/mol. The lowest BCUT2D eigenvalue weighted by Gasteiger charge is -2.22. The van der Waals surface area contributed by atoms with Crippen molar-refractivity contribution in [2.75, 3.05) is 25.5 Å². The standard InChI is InChI=1S/C25H22ClF3N4O5/c1-33(7-2-8-37-15-35)24(36)22-20(9-16-3-5-18(26)6-4-16)21(13-31-23(22)32-14-34)38-19-10-17(11-30-12-19)25(27,28)29/h3-6,10-15H,2,7-9H2,1H3,(H,31,32,34). The molecule has 0 aliphatic rings. The van der Waals surface area contributed by atoms with E-state index in [1.54, 1.807) is 24.3 Å². The second-order valence-corrected chi connectivity index (χ2v) is 8.38. The van der Waals surface area contributed by atoms with Gasteiger partial charge in [-0.05, 0) is 30.2 Å². The van der Waals surface area contributed by atoms with Crippen LogP contribution in [0.25, 0.3) is 0 Å². The number of rotatable bonds is 12. The first kappa shape index (κ1) is 28.4. The Bertz CT molecular complexity index is 1290. The van der Waals surface area contributed by atoms with Gasteiger partial charge in [0.05, 0.1) is 30.1 Å². The lowest BCUT2D eigenvalue weighted by Crippen LogP contribution is -2.30. The zero-order valence-electron chi connectivity index (χ0n) is 20.0. The molecule has 0 atom stereocenters. The molecule has 2 heterocycles. The van der Waals surface area contributed by atoms with Crippen LogP contribution in [0.1, 0.15) is 33.5 Å². The molecule has 0 spiro atoms. The lowest BCUT2D eigenvalue weighted by atomic mass is 9.98. The highest BCUT2D eigenvalue weighted by molar-refractivity contribution is 6.30. The molecule has 1 N–H and O–H groups in total. The van der Waals surface area contributed by atoms with Crippen molar-refractivity contribution in [3.63, 3.8) is 0 Å². The van der Waals surface area contributed by atoms with Crippen LogP contribution in [0.3, 0.4) is 0 Å². The highest BCUT2D eigenvalue weighted by atomic mass is 35.5. The molecule has 1 aromatic carbocycles. The molecule has 3 rings (SSSR count). The van der Waals surface area contributed by atoms with E-state index in [2.05, 4.69) is 20.0 Å². The Morgan fingerprint density at radius 1 is 1.16 bits per heavy atom. The fourth-order valence-corrected chi connectivity index (χ4v) is 3.61. The van der Waals surface area contributed by atoms with Gasteiger partial charge in [0.2, 0.25) is 6.41 Å². The summed E-state index contributed by atoms with van der Waals surface area (Å²) >= 11 is 5.99. The highest BCUT2D eigenvalue weighted by Crippen LogP contribution is 2.36. The smallest absolute Gasteiger partial charge is 0.418 e. The Morgan fingerprint density at radius 3 is 2.55 bits per heavy atom. The number of carbonyl (C=O) groups excluding carboxylic acids is 3. The van der Waals surface area contributed by atoms with Crippen molar-refractivity contribution < 1.29 is 37.0 Å². The summed E-state index contributed by atoms with van der Waals surface area (Å²) in [6.45, 7) is 0.573. The molecule has 0 saturated heterocycles. The summed E-state index contributed by atoms with van der Waals surface area (Å²) in [6.07, 6.45) is -0.922. The molecule has 0 fully saturated rings. The van der Waals surface area contributed by atoms with E-state index in [0.717, 1.165) is 12.3 Å². The summed E-state index contributed by atoms with van der Waals surface area (Å²) in [6, 6.07) is 7.47. The van der Waals surface area contributed by atoms with E-state index in [4.69, 9.17) is 16.3 Å². The van der Waals surface area contributed by atoms with Crippen LogP contribution in [0, 0.1) is 0 Å². The summed E-state index contributed by atoms with van der Waals surface area (Å²) in [5.41, 5.74) is -0.0934. The third-order valence-corrected chi connectivity index (χ3v) is 5.54.